The van der Waals surface area contributed by atoms with Crippen LogP contribution in [0.15, 0.2) is 48.5 Å². The van der Waals surface area contributed by atoms with Crippen LogP contribution in [0.1, 0.15) is 11.1 Å². The lowest BCUT2D eigenvalue weighted by molar-refractivity contribution is 0.282. The largest absolute Gasteiger partial charge is 0.392 e. The lowest BCUT2D eigenvalue weighted by atomic mass is 10.1. The van der Waals surface area contributed by atoms with Crippen molar-refractivity contribution in [3.63, 3.8) is 0 Å². The van der Waals surface area contributed by atoms with Crippen molar-refractivity contribution in [1.82, 2.24) is 0 Å². The lowest BCUT2D eigenvalue weighted by Crippen LogP contribution is -2.21. The van der Waals surface area contributed by atoms with Crippen LogP contribution < -0.4 is 4.90 Å². The number of likely N-dealkylation sites (N-methyl/N-ethyl adjacent to an activating group) is 1. The molecule has 0 bridgehead atoms. The smallest absolute Gasteiger partial charge is 0.0702 e. The van der Waals surface area contributed by atoms with Gasteiger partial charge in [0.05, 0.1) is 6.61 Å². The number of anilines is 1. The van der Waals surface area contributed by atoms with E-state index in [0.717, 1.165) is 24.2 Å². The molecule has 2 aromatic carbocycles. The van der Waals surface area contributed by atoms with Crippen molar-refractivity contribution in [3.8, 4) is 0 Å². The minimum Gasteiger partial charge on any atom is -0.392 e. The molecule has 1 N–H and O–H groups in total. The molecule has 0 amide bonds. The Balaban J connectivity index is 2.07. The van der Waals surface area contributed by atoms with E-state index in [9.17, 15) is 5.11 Å². The van der Waals surface area contributed by atoms with Gasteiger partial charge in [-0.05, 0) is 24.1 Å². The van der Waals surface area contributed by atoms with Gasteiger partial charge in [0.25, 0.3) is 0 Å². The van der Waals surface area contributed by atoms with Crippen LogP contribution in [0.2, 0.25) is 5.02 Å². The number of nitrogens with zero attached hydrogens (tertiary/aromatic N) is 1. The maximum absolute atomic E-state index is 9.37. The summed E-state index contributed by atoms with van der Waals surface area (Å²) in [6, 6.07) is 15.9. The SMILES string of the molecule is CN(CCc1ccccc1)c1cc(Cl)ccc1CO. The third kappa shape index (κ3) is 3.72. The van der Waals surface area contributed by atoms with E-state index in [1.165, 1.54) is 5.56 Å². The van der Waals surface area contributed by atoms with Crippen molar-refractivity contribution in [2.45, 2.75) is 13.0 Å². The number of hydrogen-bond donors (Lipinski definition) is 1. The van der Waals surface area contributed by atoms with E-state index in [4.69, 9.17) is 11.6 Å². The van der Waals surface area contributed by atoms with Gasteiger partial charge in [-0.3, -0.25) is 0 Å². The summed E-state index contributed by atoms with van der Waals surface area (Å²) < 4.78 is 0. The summed E-state index contributed by atoms with van der Waals surface area (Å²) in [5.74, 6) is 0. The Kier molecular flexibility index (Phi) is 4.83. The van der Waals surface area contributed by atoms with Gasteiger partial charge in [0.2, 0.25) is 0 Å². The summed E-state index contributed by atoms with van der Waals surface area (Å²) in [5.41, 5.74) is 3.20. The molecule has 2 rings (SSSR count). The van der Waals surface area contributed by atoms with Gasteiger partial charge < -0.3 is 10.0 Å². The molecule has 0 aromatic heterocycles. The average molecular weight is 276 g/mol. The molecule has 2 aromatic rings. The van der Waals surface area contributed by atoms with E-state index < -0.39 is 0 Å². The highest BCUT2D eigenvalue weighted by Crippen LogP contribution is 2.24. The van der Waals surface area contributed by atoms with Crippen molar-refractivity contribution in [2.75, 3.05) is 18.5 Å². The summed E-state index contributed by atoms with van der Waals surface area (Å²) in [5, 5.41) is 10.1. The van der Waals surface area contributed by atoms with Crippen LogP contribution in [0.4, 0.5) is 5.69 Å². The second-order valence-corrected chi connectivity index (χ2v) is 5.02. The minimum absolute atomic E-state index is 0.0299. The second kappa shape index (κ2) is 6.60. The number of aliphatic hydroxyl groups is 1. The van der Waals surface area contributed by atoms with Gasteiger partial charge in [-0.1, -0.05) is 48.0 Å². The molecule has 0 aliphatic heterocycles. The summed E-state index contributed by atoms with van der Waals surface area (Å²) in [6.45, 7) is 0.916. The van der Waals surface area contributed by atoms with Gasteiger partial charge in [0, 0.05) is 29.9 Å². The first-order valence-corrected chi connectivity index (χ1v) is 6.73. The van der Waals surface area contributed by atoms with Gasteiger partial charge in [-0.2, -0.15) is 0 Å². The average Bonchev–Trinajstić information content (AvgIpc) is 2.46. The molecule has 0 saturated carbocycles. The number of hydrogen-bond acceptors (Lipinski definition) is 2. The molecule has 0 aliphatic rings. The Morgan fingerprint density at radius 3 is 2.53 bits per heavy atom. The molecule has 0 unspecified atom stereocenters. The summed E-state index contributed by atoms with van der Waals surface area (Å²) >= 11 is 6.03. The standard InChI is InChI=1S/C16H18ClNO/c1-18(10-9-13-5-3-2-4-6-13)16-11-15(17)8-7-14(16)12-19/h2-8,11,19H,9-10,12H2,1H3. The number of rotatable bonds is 5. The lowest BCUT2D eigenvalue weighted by Gasteiger charge is -2.22. The van der Waals surface area contributed by atoms with Crippen molar-refractivity contribution in [3.05, 3.63) is 64.7 Å². The third-order valence-electron chi connectivity index (χ3n) is 3.21. The molecular formula is C16H18ClNO. The molecule has 0 aliphatic carbocycles. The van der Waals surface area contributed by atoms with Crippen LogP contribution in [0.3, 0.4) is 0 Å². The summed E-state index contributed by atoms with van der Waals surface area (Å²) in [7, 11) is 2.02. The molecule has 0 atom stereocenters. The van der Waals surface area contributed by atoms with Crippen LogP contribution in [-0.4, -0.2) is 18.7 Å². The highest BCUT2D eigenvalue weighted by molar-refractivity contribution is 6.30. The predicted molar refractivity (Wildman–Crippen MR) is 80.8 cm³/mol. The molecule has 0 fully saturated rings. The Bertz CT molecular complexity index is 528. The topological polar surface area (TPSA) is 23.5 Å². The fourth-order valence-corrected chi connectivity index (χ4v) is 2.25. The Morgan fingerprint density at radius 2 is 1.84 bits per heavy atom. The first-order valence-electron chi connectivity index (χ1n) is 6.35. The fourth-order valence-electron chi connectivity index (χ4n) is 2.09. The normalized spacial score (nSPS) is 10.5. The molecule has 2 nitrogen and oxygen atoms in total. The van der Waals surface area contributed by atoms with E-state index in [-0.39, 0.29) is 6.61 Å². The van der Waals surface area contributed by atoms with E-state index in [2.05, 4.69) is 17.0 Å². The Labute approximate surface area is 119 Å². The number of aliphatic hydroxyl groups excluding tert-OH is 1. The molecule has 0 heterocycles. The van der Waals surface area contributed by atoms with Crippen molar-refractivity contribution >= 4 is 17.3 Å². The van der Waals surface area contributed by atoms with Crippen molar-refractivity contribution in [1.29, 1.82) is 0 Å². The third-order valence-corrected chi connectivity index (χ3v) is 3.44. The van der Waals surface area contributed by atoms with Gasteiger partial charge >= 0.3 is 0 Å². The van der Waals surface area contributed by atoms with Crippen molar-refractivity contribution in [2.24, 2.45) is 0 Å². The number of benzene rings is 2. The highest BCUT2D eigenvalue weighted by Gasteiger charge is 2.07. The maximum Gasteiger partial charge on any atom is 0.0702 e. The minimum atomic E-state index is 0.0299. The second-order valence-electron chi connectivity index (χ2n) is 4.59. The van der Waals surface area contributed by atoms with E-state index in [1.54, 1.807) is 0 Å². The quantitative estimate of drug-likeness (QED) is 0.903. The Morgan fingerprint density at radius 1 is 1.11 bits per heavy atom. The summed E-state index contributed by atoms with van der Waals surface area (Å²) in [6.07, 6.45) is 0.967. The first kappa shape index (κ1) is 13.9. The highest BCUT2D eigenvalue weighted by atomic mass is 35.5. The molecule has 0 saturated heterocycles. The van der Waals surface area contributed by atoms with E-state index in [0.29, 0.717) is 5.02 Å². The summed E-state index contributed by atoms with van der Waals surface area (Å²) in [4.78, 5) is 2.13. The van der Waals surface area contributed by atoms with Crippen LogP contribution in [0, 0.1) is 0 Å². The molecule has 19 heavy (non-hydrogen) atoms. The van der Waals surface area contributed by atoms with E-state index >= 15 is 0 Å². The zero-order chi connectivity index (χ0) is 13.7. The van der Waals surface area contributed by atoms with Gasteiger partial charge in [-0.15, -0.1) is 0 Å². The van der Waals surface area contributed by atoms with Gasteiger partial charge in [-0.25, -0.2) is 0 Å². The molecule has 0 radical (unpaired) electrons. The van der Waals surface area contributed by atoms with Crippen LogP contribution in [-0.2, 0) is 13.0 Å². The van der Waals surface area contributed by atoms with Gasteiger partial charge in [0.15, 0.2) is 0 Å². The maximum atomic E-state index is 9.37. The van der Waals surface area contributed by atoms with Gasteiger partial charge in [0.1, 0.15) is 0 Å². The monoisotopic (exact) mass is 275 g/mol. The first-order chi connectivity index (χ1) is 9.20. The molecule has 3 heteroatoms. The molecular weight excluding hydrogens is 258 g/mol. The van der Waals surface area contributed by atoms with Crippen molar-refractivity contribution < 1.29 is 5.11 Å². The Hall–Kier alpha value is -1.51. The zero-order valence-corrected chi connectivity index (χ0v) is 11.8. The number of halogens is 1. The van der Waals surface area contributed by atoms with E-state index in [1.807, 2.05) is 43.4 Å². The van der Waals surface area contributed by atoms with Crippen LogP contribution in [0.25, 0.3) is 0 Å². The predicted octanol–water partition coefficient (Wildman–Crippen LogP) is 3.51. The molecule has 100 valence electrons. The molecule has 0 spiro atoms. The fraction of sp³-hybridized carbons (Fsp3) is 0.250. The van der Waals surface area contributed by atoms with Crippen LogP contribution >= 0.6 is 11.6 Å². The zero-order valence-electron chi connectivity index (χ0n) is 11.0. The van der Waals surface area contributed by atoms with Crippen LogP contribution in [0.5, 0.6) is 0 Å².